The Hall–Kier alpha value is -2.25. The zero-order chi connectivity index (χ0) is 15.0. The number of halogens is 1. The molecular formula is C13H8ClN3O3S. The van der Waals surface area contributed by atoms with Gasteiger partial charge in [-0.1, -0.05) is 17.7 Å². The Kier molecular flexibility index (Phi) is 3.44. The molecule has 0 saturated heterocycles. The average molecular weight is 322 g/mol. The molecule has 0 aliphatic carbocycles. The summed E-state index contributed by atoms with van der Waals surface area (Å²) in [6, 6.07) is 6.41. The van der Waals surface area contributed by atoms with Crippen LogP contribution >= 0.6 is 22.9 Å². The first-order chi connectivity index (χ1) is 10.1. The number of hydrogen-bond acceptors (Lipinski definition) is 6. The van der Waals surface area contributed by atoms with Crippen LogP contribution in [0.1, 0.15) is 0 Å². The third kappa shape index (κ3) is 2.30. The summed E-state index contributed by atoms with van der Waals surface area (Å²) in [6.45, 7) is 0. The molecule has 2 heterocycles. The molecule has 2 aromatic heterocycles. The van der Waals surface area contributed by atoms with Crippen LogP contribution in [0.25, 0.3) is 21.6 Å². The van der Waals surface area contributed by atoms with Crippen molar-refractivity contribution in [3.8, 4) is 16.5 Å². The predicted molar refractivity (Wildman–Crippen MR) is 81.1 cm³/mol. The van der Waals surface area contributed by atoms with Gasteiger partial charge in [0.2, 0.25) is 0 Å². The molecule has 0 saturated carbocycles. The number of hydrogen-bond donors (Lipinski definition) is 0. The van der Waals surface area contributed by atoms with E-state index in [4.69, 9.17) is 16.3 Å². The second-order valence-corrected chi connectivity index (χ2v) is 5.36. The minimum absolute atomic E-state index is 0.0535. The van der Waals surface area contributed by atoms with E-state index in [9.17, 15) is 10.1 Å². The third-order valence-electron chi connectivity index (χ3n) is 2.91. The molecular weight excluding hydrogens is 314 g/mol. The molecule has 3 aromatic rings. The van der Waals surface area contributed by atoms with E-state index in [0.717, 1.165) is 4.88 Å². The fourth-order valence-corrected chi connectivity index (χ4v) is 3.06. The highest BCUT2D eigenvalue weighted by molar-refractivity contribution is 7.13. The SMILES string of the molecule is COc1ccsc1-c1nc(Cl)c2c([N+](=O)[O-])cccc2n1. The van der Waals surface area contributed by atoms with Crippen LogP contribution in [0.15, 0.2) is 29.6 Å². The molecule has 0 N–H and O–H groups in total. The minimum atomic E-state index is -0.497. The van der Waals surface area contributed by atoms with Crippen LogP contribution in [-0.4, -0.2) is 22.0 Å². The van der Waals surface area contributed by atoms with Crippen LogP contribution in [0.5, 0.6) is 5.75 Å². The lowest BCUT2D eigenvalue weighted by Crippen LogP contribution is -1.96. The fraction of sp³-hybridized carbons (Fsp3) is 0.0769. The zero-order valence-corrected chi connectivity index (χ0v) is 12.3. The Bertz CT molecular complexity index is 850. The van der Waals surface area contributed by atoms with E-state index in [1.165, 1.54) is 17.4 Å². The van der Waals surface area contributed by atoms with E-state index in [0.29, 0.717) is 17.1 Å². The number of nitro benzene ring substituents is 1. The monoisotopic (exact) mass is 321 g/mol. The molecule has 6 nitrogen and oxygen atoms in total. The van der Waals surface area contributed by atoms with Crippen molar-refractivity contribution in [1.29, 1.82) is 0 Å². The number of aromatic nitrogens is 2. The van der Waals surface area contributed by atoms with E-state index >= 15 is 0 Å². The number of methoxy groups -OCH3 is 1. The number of nitro groups is 1. The Morgan fingerprint density at radius 1 is 1.33 bits per heavy atom. The molecule has 1 aromatic carbocycles. The first kappa shape index (κ1) is 13.7. The number of thiophene rings is 1. The number of fused-ring (bicyclic) bond motifs is 1. The lowest BCUT2D eigenvalue weighted by Gasteiger charge is -2.05. The van der Waals surface area contributed by atoms with Crippen LogP contribution < -0.4 is 4.74 Å². The van der Waals surface area contributed by atoms with Crippen molar-refractivity contribution in [2.45, 2.75) is 0 Å². The Labute approximate surface area is 128 Å². The highest BCUT2D eigenvalue weighted by atomic mass is 35.5. The summed E-state index contributed by atoms with van der Waals surface area (Å²) in [6.07, 6.45) is 0. The van der Waals surface area contributed by atoms with Crippen LogP contribution in [0.2, 0.25) is 5.15 Å². The van der Waals surface area contributed by atoms with E-state index in [2.05, 4.69) is 9.97 Å². The number of ether oxygens (including phenoxy) is 1. The van der Waals surface area contributed by atoms with Crippen molar-refractivity contribution in [3.05, 3.63) is 44.9 Å². The molecule has 0 spiro atoms. The van der Waals surface area contributed by atoms with E-state index < -0.39 is 4.92 Å². The van der Waals surface area contributed by atoms with Gasteiger partial charge in [0.1, 0.15) is 21.2 Å². The molecule has 0 unspecified atom stereocenters. The highest BCUT2D eigenvalue weighted by Crippen LogP contribution is 2.37. The largest absolute Gasteiger partial charge is 0.495 e. The van der Waals surface area contributed by atoms with Crippen molar-refractivity contribution in [1.82, 2.24) is 9.97 Å². The van der Waals surface area contributed by atoms with Crippen LogP contribution in [0.3, 0.4) is 0 Å². The number of benzene rings is 1. The van der Waals surface area contributed by atoms with Gasteiger partial charge in [-0.3, -0.25) is 10.1 Å². The van der Waals surface area contributed by atoms with Gasteiger partial charge in [0.25, 0.3) is 5.69 Å². The lowest BCUT2D eigenvalue weighted by atomic mass is 10.2. The van der Waals surface area contributed by atoms with Gasteiger partial charge < -0.3 is 4.74 Å². The van der Waals surface area contributed by atoms with Gasteiger partial charge in [-0.2, -0.15) is 0 Å². The van der Waals surface area contributed by atoms with E-state index in [1.807, 2.05) is 5.38 Å². The summed E-state index contributed by atoms with van der Waals surface area (Å²) in [5, 5.41) is 13.2. The van der Waals surface area contributed by atoms with Crippen molar-refractivity contribution in [2.75, 3.05) is 7.11 Å². The molecule has 21 heavy (non-hydrogen) atoms. The Morgan fingerprint density at radius 3 is 2.86 bits per heavy atom. The zero-order valence-electron chi connectivity index (χ0n) is 10.7. The van der Waals surface area contributed by atoms with Crippen LogP contribution in [0.4, 0.5) is 5.69 Å². The molecule has 106 valence electrons. The van der Waals surface area contributed by atoms with Crippen molar-refractivity contribution in [3.63, 3.8) is 0 Å². The maximum Gasteiger partial charge on any atom is 0.281 e. The van der Waals surface area contributed by atoms with Crippen LogP contribution in [-0.2, 0) is 0 Å². The smallest absolute Gasteiger partial charge is 0.281 e. The average Bonchev–Trinajstić information content (AvgIpc) is 2.94. The number of nitrogens with zero attached hydrogens (tertiary/aromatic N) is 3. The summed E-state index contributed by atoms with van der Waals surface area (Å²) in [5.41, 5.74) is 0.317. The van der Waals surface area contributed by atoms with Gasteiger partial charge in [0.05, 0.1) is 17.5 Å². The maximum absolute atomic E-state index is 11.1. The normalized spacial score (nSPS) is 10.8. The van der Waals surface area contributed by atoms with Crippen molar-refractivity contribution in [2.24, 2.45) is 0 Å². The molecule has 0 fully saturated rings. The molecule has 8 heteroatoms. The summed E-state index contributed by atoms with van der Waals surface area (Å²) < 4.78 is 5.23. The summed E-state index contributed by atoms with van der Waals surface area (Å²) >= 11 is 7.54. The fourth-order valence-electron chi connectivity index (χ4n) is 2.00. The molecule has 0 aliphatic heterocycles. The first-order valence-corrected chi connectivity index (χ1v) is 7.10. The van der Waals surface area contributed by atoms with Crippen molar-refractivity contribution >= 4 is 39.5 Å². The van der Waals surface area contributed by atoms with Gasteiger partial charge in [0, 0.05) is 6.07 Å². The van der Waals surface area contributed by atoms with Gasteiger partial charge in [0.15, 0.2) is 5.82 Å². The van der Waals surface area contributed by atoms with Gasteiger partial charge in [-0.15, -0.1) is 11.3 Å². The molecule has 0 radical (unpaired) electrons. The van der Waals surface area contributed by atoms with E-state index in [1.54, 1.807) is 25.3 Å². The highest BCUT2D eigenvalue weighted by Gasteiger charge is 2.19. The summed E-state index contributed by atoms with van der Waals surface area (Å²) in [5.74, 6) is 1.03. The molecule has 0 aliphatic rings. The molecule has 0 atom stereocenters. The molecule has 0 amide bonds. The van der Waals surface area contributed by atoms with Gasteiger partial charge >= 0.3 is 0 Å². The summed E-state index contributed by atoms with van der Waals surface area (Å²) in [4.78, 5) is 19.8. The number of rotatable bonds is 3. The minimum Gasteiger partial charge on any atom is -0.495 e. The summed E-state index contributed by atoms with van der Waals surface area (Å²) in [7, 11) is 1.55. The Morgan fingerprint density at radius 2 is 2.14 bits per heavy atom. The number of non-ortho nitro benzene ring substituents is 1. The second-order valence-electron chi connectivity index (χ2n) is 4.08. The second kappa shape index (κ2) is 5.27. The van der Waals surface area contributed by atoms with Crippen molar-refractivity contribution < 1.29 is 9.66 Å². The molecule has 0 bridgehead atoms. The topological polar surface area (TPSA) is 78.2 Å². The quantitative estimate of drug-likeness (QED) is 0.415. The van der Waals surface area contributed by atoms with E-state index in [-0.39, 0.29) is 16.2 Å². The predicted octanol–water partition coefficient (Wildman–Crippen LogP) is 3.93. The standard InChI is InChI=1S/C13H8ClN3O3S/c1-20-9-5-6-21-11(9)13-15-7-3-2-4-8(17(18)19)10(7)12(14)16-13/h2-6H,1H3. The van der Waals surface area contributed by atoms with Gasteiger partial charge in [-0.05, 0) is 17.5 Å². The molecule has 3 rings (SSSR count). The Balaban J connectivity index is 2.28. The first-order valence-electron chi connectivity index (χ1n) is 5.84. The third-order valence-corrected chi connectivity index (χ3v) is 4.07. The lowest BCUT2D eigenvalue weighted by molar-refractivity contribution is -0.383. The van der Waals surface area contributed by atoms with Gasteiger partial charge in [-0.25, -0.2) is 9.97 Å². The van der Waals surface area contributed by atoms with Crippen LogP contribution in [0, 0.1) is 10.1 Å². The maximum atomic E-state index is 11.1.